The highest BCUT2D eigenvalue weighted by Crippen LogP contribution is 2.31. The molecule has 2 aromatic carbocycles. The Balaban J connectivity index is 2.31. The van der Waals surface area contributed by atoms with Crippen molar-refractivity contribution in [2.45, 2.75) is 46.3 Å². The van der Waals surface area contributed by atoms with Gasteiger partial charge in [0, 0.05) is 28.7 Å². The maximum absolute atomic E-state index is 8.61. The van der Waals surface area contributed by atoms with Crippen LogP contribution in [0.3, 0.4) is 0 Å². The standard InChI is InChI=1S/C25H30N/c1-17(2)21-13-22(18(3)4)15-23(14-21)20-11-12-26(6)25(16-20)24-10-8-7-9-19(24)5/h7-18H,1-6H3/q+1/i1D3,3D3,17D,18D. The van der Waals surface area contributed by atoms with Gasteiger partial charge in [-0.1, -0.05) is 63.9 Å². The molecule has 2 atom stereocenters. The zero-order chi connectivity index (χ0) is 25.7. The normalized spacial score (nSPS) is 21.4. The molecule has 0 N–H and O–H groups in total. The van der Waals surface area contributed by atoms with Crippen LogP contribution in [-0.2, 0) is 7.05 Å². The van der Waals surface area contributed by atoms with Crippen molar-refractivity contribution in [3.8, 4) is 22.4 Å². The molecule has 0 amide bonds. The number of benzene rings is 2. The van der Waals surface area contributed by atoms with E-state index in [4.69, 9.17) is 11.0 Å². The summed E-state index contributed by atoms with van der Waals surface area (Å²) in [6.45, 7) is -0.676. The largest absolute Gasteiger partial charge is 0.213 e. The Morgan fingerprint density at radius 2 is 1.54 bits per heavy atom. The summed E-state index contributed by atoms with van der Waals surface area (Å²) in [6.07, 6.45) is 1.89. The molecule has 0 aliphatic rings. The van der Waals surface area contributed by atoms with E-state index >= 15 is 0 Å². The Morgan fingerprint density at radius 1 is 0.885 bits per heavy atom. The highest BCUT2D eigenvalue weighted by atomic mass is 14.9. The number of aryl methyl sites for hydroxylation is 2. The van der Waals surface area contributed by atoms with Crippen molar-refractivity contribution in [2.75, 3.05) is 0 Å². The van der Waals surface area contributed by atoms with Crippen LogP contribution in [0.15, 0.2) is 60.8 Å². The molecule has 0 saturated heterocycles. The van der Waals surface area contributed by atoms with E-state index in [0.717, 1.165) is 22.4 Å². The van der Waals surface area contributed by atoms with Gasteiger partial charge in [-0.2, -0.15) is 0 Å². The third-order valence-corrected chi connectivity index (χ3v) is 4.70. The van der Waals surface area contributed by atoms with E-state index in [1.54, 1.807) is 12.1 Å². The quantitative estimate of drug-likeness (QED) is 0.478. The monoisotopic (exact) mass is 352 g/mol. The molecule has 0 bridgehead atoms. The minimum atomic E-state index is -2.64. The fraction of sp³-hybridized carbons (Fsp3) is 0.320. The van der Waals surface area contributed by atoms with Crippen molar-refractivity contribution in [2.24, 2.45) is 7.05 Å². The molecule has 134 valence electrons. The maximum Gasteiger partial charge on any atom is 0.213 e. The van der Waals surface area contributed by atoms with Gasteiger partial charge in [-0.15, -0.1) is 0 Å². The molecule has 3 rings (SSSR count). The van der Waals surface area contributed by atoms with Crippen molar-refractivity contribution >= 4 is 0 Å². The highest BCUT2D eigenvalue weighted by molar-refractivity contribution is 5.71. The molecule has 26 heavy (non-hydrogen) atoms. The molecule has 0 aliphatic carbocycles. The Morgan fingerprint density at radius 3 is 2.15 bits per heavy atom. The van der Waals surface area contributed by atoms with Gasteiger partial charge in [0.25, 0.3) is 0 Å². The molecule has 0 aliphatic heterocycles. The number of nitrogens with zero attached hydrogens (tertiary/aromatic N) is 1. The van der Waals surface area contributed by atoms with Gasteiger partial charge in [0.05, 0.1) is 0 Å². The zero-order valence-corrected chi connectivity index (χ0v) is 15.7. The van der Waals surface area contributed by atoms with E-state index in [2.05, 4.69) is 0 Å². The van der Waals surface area contributed by atoms with Crippen molar-refractivity contribution in [1.82, 2.24) is 0 Å². The van der Waals surface area contributed by atoms with E-state index in [9.17, 15) is 0 Å². The summed E-state index contributed by atoms with van der Waals surface area (Å²) in [5.41, 5.74) is 4.64. The second kappa shape index (κ2) is 7.45. The lowest BCUT2D eigenvalue weighted by atomic mass is 9.90. The number of aromatic nitrogens is 1. The molecule has 0 spiro atoms. The highest BCUT2D eigenvalue weighted by Gasteiger charge is 2.15. The van der Waals surface area contributed by atoms with E-state index in [0.29, 0.717) is 5.56 Å². The SMILES string of the molecule is [2H]C([2H])([2H])C([2H])(C)c1cc(-c2cc[n+](C)c(-c3ccccc3C)c2)cc(C([2H])(C)C([2H])([2H])[2H])c1. The molecule has 1 aromatic heterocycles. The van der Waals surface area contributed by atoms with Gasteiger partial charge >= 0.3 is 0 Å². The van der Waals surface area contributed by atoms with Crippen LogP contribution in [0.1, 0.15) is 67.0 Å². The van der Waals surface area contributed by atoms with Gasteiger partial charge in [0.1, 0.15) is 7.05 Å². The van der Waals surface area contributed by atoms with Gasteiger partial charge in [0.15, 0.2) is 6.20 Å². The second-order valence-corrected chi connectivity index (χ2v) is 6.78. The summed E-state index contributed by atoms with van der Waals surface area (Å²) in [5, 5.41) is 0. The molecule has 1 heterocycles. The zero-order valence-electron chi connectivity index (χ0n) is 23.7. The van der Waals surface area contributed by atoms with Gasteiger partial charge in [0.2, 0.25) is 5.69 Å². The molecule has 2 unspecified atom stereocenters. The van der Waals surface area contributed by atoms with Crippen molar-refractivity contribution in [3.05, 3.63) is 77.5 Å². The molecular weight excluding hydrogens is 314 g/mol. The number of hydrogen-bond donors (Lipinski definition) is 0. The first-order valence-electron chi connectivity index (χ1n) is 12.7. The van der Waals surface area contributed by atoms with Crippen LogP contribution in [0.25, 0.3) is 22.4 Å². The van der Waals surface area contributed by atoms with Crippen LogP contribution in [0.4, 0.5) is 0 Å². The fourth-order valence-electron chi connectivity index (χ4n) is 3.10. The average molecular weight is 353 g/mol. The third kappa shape index (κ3) is 3.72. The first-order valence-corrected chi connectivity index (χ1v) is 8.69. The molecular formula is C25H30N+. The minimum Gasteiger partial charge on any atom is -0.201 e. The van der Waals surface area contributed by atoms with Gasteiger partial charge < -0.3 is 0 Å². The first-order chi connectivity index (χ1) is 15.5. The van der Waals surface area contributed by atoms with Crippen molar-refractivity contribution in [3.63, 3.8) is 0 Å². The molecule has 1 heteroatoms. The van der Waals surface area contributed by atoms with Gasteiger partial charge in [-0.25, -0.2) is 4.57 Å². The predicted octanol–water partition coefficient (Wildman–Crippen LogP) is 6.40. The number of hydrogen-bond acceptors (Lipinski definition) is 0. The fourth-order valence-corrected chi connectivity index (χ4v) is 3.10. The van der Waals surface area contributed by atoms with Crippen molar-refractivity contribution in [1.29, 1.82) is 0 Å². The topological polar surface area (TPSA) is 3.88 Å². The second-order valence-electron chi connectivity index (χ2n) is 6.78. The van der Waals surface area contributed by atoms with Crippen LogP contribution >= 0.6 is 0 Å². The van der Waals surface area contributed by atoms with E-state index in [1.165, 1.54) is 19.9 Å². The molecule has 1 nitrogen and oxygen atoms in total. The summed E-state index contributed by atoms with van der Waals surface area (Å²) in [5.74, 6) is -3.97. The minimum absolute atomic E-state index is 0.147. The summed E-state index contributed by atoms with van der Waals surface area (Å²) in [7, 11) is 1.93. The summed E-state index contributed by atoms with van der Waals surface area (Å²) < 4.78 is 66.5. The average Bonchev–Trinajstić information content (AvgIpc) is 2.72. The lowest BCUT2D eigenvalue weighted by Gasteiger charge is -2.15. The van der Waals surface area contributed by atoms with Gasteiger partial charge in [-0.05, 0) is 52.6 Å². The Bertz CT molecular complexity index is 1160. The summed E-state index contributed by atoms with van der Waals surface area (Å²) in [4.78, 5) is 0. The van der Waals surface area contributed by atoms with E-state index < -0.39 is 25.5 Å². The number of rotatable bonds is 4. The Kier molecular flexibility index (Phi) is 3.06. The molecule has 3 aromatic rings. The lowest BCUT2D eigenvalue weighted by molar-refractivity contribution is -0.660. The molecule has 0 fully saturated rings. The lowest BCUT2D eigenvalue weighted by Crippen LogP contribution is -2.30. The maximum atomic E-state index is 8.61. The van der Waals surface area contributed by atoms with Crippen LogP contribution < -0.4 is 4.57 Å². The number of pyridine rings is 1. The van der Waals surface area contributed by atoms with E-state index in [-0.39, 0.29) is 11.1 Å². The first kappa shape index (κ1) is 10.7. The Hall–Kier alpha value is -2.41. The van der Waals surface area contributed by atoms with E-state index in [1.807, 2.05) is 61.1 Å². The molecule has 0 saturated carbocycles. The van der Waals surface area contributed by atoms with Crippen LogP contribution in [0.2, 0.25) is 0 Å². The smallest absolute Gasteiger partial charge is 0.201 e. The third-order valence-electron chi connectivity index (χ3n) is 4.70. The van der Waals surface area contributed by atoms with Crippen molar-refractivity contribution < 1.29 is 15.5 Å². The molecule has 0 radical (unpaired) electrons. The van der Waals surface area contributed by atoms with Crippen LogP contribution in [-0.4, -0.2) is 0 Å². The predicted molar refractivity (Wildman–Crippen MR) is 111 cm³/mol. The van der Waals surface area contributed by atoms with Crippen LogP contribution in [0.5, 0.6) is 0 Å². The summed E-state index contributed by atoms with van der Waals surface area (Å²) in [6, 6.07) is 16.4. The van der Waals surface area contributed by atoms with Gasteiger partial charge in [-0.3, -0.25) is 0 Å². The summed E-state index contributed by atoms with van der Waals surface area (Å²) >= 11 is 0. The Labute approximate surface area is 169 Å². The van der Waals surface area contributed by atoms with Crippen LogP contribution in [0, 0.1) is 6.92 Å².